The fourth-order valence-electron chi connectivity index (χ4n) is 1.02. The summed E-state index contributed by atoms with van der Waals surface area (Å²) in [7, 11) is 0. The first kappa shape index (κ1) is 6.21. The summed E-state index contributed by atoms with van der Waals surface area (Å²) in [4.78, 5) is 8.23. The topological polar surface area (TPSA) is 67.3 Å². The Morgan fingerprint density at radius 3 is 2.82 bits per heavy atom. The molecule has 0 spiro atoms. The molecule has 0 fully saturated rings. The Kier molecular flexibility index (Phi) is 1.12. The lowest BCUT2D eigenvalue weighted by atomic mass is 10.4. The van der Waals surface area contributed by atoms with E-state index in [1.165, 1.54) is 0 Å². The molecule has 0 saturated carbocycles. The number of fused-ring (bicyclic) bond motifs is 1. The van der Waals surface area contributed by atoms with Gasteiger partial charge < -0.3 is 0 Å². The zero-order valence-electron chi connectivity index (χ0n) is 6.29. The van der Waals surface area contributed by atoms with Gasteiger partial charge >= 0.3 is 0 Å². The van der Waals surface area contributed by atoms with E-state index in [0.717, 1.165) is 17.0 Å². The van der Waals surface area contributed by atoms with Gasteiger partial charge in [-0.05, 0) is 13.8 Å². The van der Waals surface area contributed by atoms with Crippen molar-refractivity contribution in [3.8, 4) is 0 Å². The molecule has 0 unspecified atom stereocenters. The predicted octanol–water partition coefficient (Wildman–Crippen LogP) is 0.365. The van der Waals surface area contributed by atoms with E-state index in [9.17, 15) is 0 Å². The van der Waals surface area contributed by atoms with E-state index >= 15 is 0 Å². The maximum atomic E-state index is 4.15. The van der Waals surface area contributed by atoms with E-state index < -0.39 is 0 Å². The van der Waals surface area contributed by atoms with E-state index in [0.29, 0.717) is 5.65 Å². The van der Waals surface area contributed by atoms with Gasteiger partial charge in [-0.1, -0.05) is 5.21 Å². The van der Waals surface area contributed by atoms with Crippen LogP contribution in [0, 0.1) is 13.8 Å². The SMILES string of the molecule is Cc1nc(C)c2[nH]nnc2n1. The highest BCUT2D eigenvalue weighted by molar-refractivity contribution is 5.70. The van der Waals surface area contributed by atoms with Gasteiger partial charge in [-0.3, -0.25) is 5.10 Å². The minimum Gasteiger partial charge on any atom is -0.254 e. The highest BCUT2D eigenvalue weighted by atomic mass is 15.3. The largest absolute Gasteiger partial charge is 0.254 e. The number of hydrogen-bond donors (Lipinski definition) is 1. The molecule has 5 nitrogen and oxygen atoms in total. The first-order valence-electron chi connectivity index (χ1n) is 3.29. The lowest BCUT2D eigenvalue weighted by molar-refractivity contribution is 0.953. The van der Waals surface area contributed by atoms with Crippen LogP contribution in [0.5, 0.6) is 0 Å². The van der Waals surface area contributed by atoms with Crippen molar-refractivity contribution in [3.05, 3.63) is 11.5 Å². The second-order valence-corrected chi connectivity index (χ2v) is 2.37. The van der Waals surface area contributed by atoms with Gasteiger partial charge in [-0.2, -0.15) is 0 Å². The van der Waals surface area contributed by atoms with Crippen LogP contribution in [0.4, 0.5) is 0 Å². The fraction of sp³-hybridized carbons (Fsp3) is 0.333. The second kappa shape index (κ2) is 1.98. The molecule has 2 heterocycles. The summed E-state index contributed by atoms with van der Waals surface area (Å²) in [6.07, 6.45) is 0. The Bertz CT molecular complexity index is 391. The van der Waals surface area contributed by atoms with Gasteiger partial charge in [0.15, 0.2) is 0 Å². The van der Waals surface area contributed by atoms with Crippen LogP contribution in [0.2, 0.25) is 0 Å². The molecule has 0 aliphatic carbocycles. The summed E-state index contributed by atoms with van der Waals surface area (Å²) in [6, 6.07) is 0. The fourth-order valence-corrected chi connectivity index (χ4v) is 1.02. The normalized spacial score (nSPS) is 10.7. The molecule has 0 aliphatic rings. The third-order valence-corrected chi connectivity index (χ3v) is 1.49. The van der Waals surface area contributed by atoms with Crippen LogP contribution in [0.1, 0.15) is 11.5 Å². The number of nitrogens with zero attached hydrogens (tertiary/aromatic N) is 4. The smallest absolute Gasteiger partial charge is 0.205 e. The molecule has 0 amide bonds. The minimum atomic E-state index is 0.634. The van der Waals surface area contributed by atoms with E-state index in [4.69, 9.17) is 0 Å². The summed E-state index contributed by atoms with van der Waals surface area (Å²) in [5, 5.41) is 10.1. The molecule has 56 valence electrons. The van der Waals surface area contributed by atoms with Crippen molar-refractivity contribution in [1.82, 2.24) is 25.4 Å². The van der Waals surface area contributed by atoms with Gasteiger partial charge in [0.2, 0.25) is 5.65 Å². The Morgan fingerprint density at radius 1 is 1.18 bits per heavy atom. The van der Waals surface area contributed by atoms with Crippen LogP contribution in [0.25, 0.3) is 11.2 Å². The molecule has 5 heteroatoms. The maximum absolute atomic E-state index is 4.15. The number of aromatic amines is 1. The highest BCUT2D eigenvalue weighted by Crippen LogP contribution is 2.07. The monoisotopic (exact) mass is 149 g/mol. The average molecular weight is 149 g/mol. The number of rotatable bonds is 0. The van der Waals surface area contributed by atoms with Crippen LogP contribution in [0.15, 0.2) is 0 Å². The van der Waals surface area contributed by atoms with Gasteiger partial charge in [-0.25, -0.2) is 9.97 Å². The standard InChI is InChI=1S/C6H7N5/c1-3-5-6(10-11-9-5)8-4(2)7-3/h1-2H3,(H,7,8,9,10,11). The van der Waals surface area contributed by atoms with Crippen LogP contribution in [-0.2, 0) is 0 Å². The molecule has 0 aromatic carbocycles. The molecule has 11 heavy (non-hydrogen) atoms. The molecule has 2 aromatic rings. The molecule has 0 aliphatic heterocycles. The third-order valence-electron chi connectivity index (χ3n) is 1.49. The molecule has 0 saturated heterocycles. The van der Waals surface area contributed by atoms with Crippen molar-refractivity contribution >= 4 is 11.2 Å². The van der Waals surface area contributed by atoms with E-state index in [2.05, 4.69) is 25.4 Å². The van der Waals surface area contributed by atoms with Gasteiger partial charge in [0.05, 0.1) is 5.69 Å². The minimum absolute atomic E-state index is 0.634. The van der Waals surface area contributed by atoms with E-state index in [1.54, 1.807) is 0 Å². The van der Waals surface area contributed by atoms with Crippen molar-refractivity contribution < 1.29 is 0 Å². The highest BCUT2D eigenvalue weighted by Gasteiger charge is 2.03. The molecule has 1 N–H and O–H groups in total. The first-order chi connectivity index (χ1) is 5.27. The first-order valence-corrected chi connectivity index (χ1v) is 3.29. The molecule has 0 atom stereocenters. The van der Waals surface area contributed by atoms with Gasteiger partial charge in [0.25, 0.3) is 0 Å². The van der Waals surface area contributed by atoms with Crippen molar-refractivity contribution in [2.45, 2.75) is 13.8 Å². The quantitative estimate of drug-likeness (QED) is 0.587. The number of aromatic nitrogens is 5. The van der Waals surface area contributed by atoms with Crippen LogP contribution >= 0.6 is 0 Å². The maximum Gasteiger partial charge on any atom is 0.205 e. The van der Waals surface area contributed by atoms with E-state index in [-0.39, 0.29) is 0 Å². The summed E-state index contributed by atoms with van der Waals surface area (Å²) >= 11 is 0. The van der Waals surface area contributed by atoms with Crippen LogP contribution in [-0.4, -0.2) is 25.4 Å². The van der Waals surface area contributed by atoms with Crippen molar-refractivity contribution in [2.24, 2.45) is 0 Å². The summed E-state index contributed by atoms with van der Waals surface area (Å²) in [6.45, 7) is 3.73. The molecule has 0 radical (unpaired) electrons. The Hall–Kier alpha value is -1.52. The van der Waals surface area contributed by atoms with Crippen molar-refractivity contribution in [2.75, 3.05) is 0 Å². The summed E-state index contributed by atoms with van der Waals surface area (Å²) < 4.78 is 0. The molecule has 2 aromatic heterocycles. The number of nitrogens with one attached hydrogen (secondary N) is 1. The van der Waals surface area contributed by atoms with Crippen molar-refractivity contribution in [1.29, 1.82) is 0 Å². The number of aryl methyl sites for hydroxylation is 2. The summed E-state index contributed by atoms with van der Waals surface area (Å²) in [5.74, 6) is 0.726. The summed E-state index contributed by atoms with van der Waals surface area (Å²) in [5.41, 5.74) is 2.34. The van der Waals surface area contributed by atoms with E-state index in [1.807, 2.05) is 13.8 Å². The lowest BCUT2D eigenvalue weighted by Gasteiger charge is -1.93. The zero-order chi connectivity index (χ0) is 7.84. The predicted molar refractivity (Wildman–Crippen MR) is 39.0 cm³/mol. The van der Waals surface area contributed by atoms with Crippen LogP contribution < -0.4 is 0 Å². The van der Waals surface area contributed by atoms with Gasteiger partial charge in [0, 0.05) is 0 Å². The Balaban J connectivity index is 2.91. The van der Waals surface area contributed by atoms with Crippen LogP contribution in [0.3, 0.4) is 0 Å². The number of H-pyrrole nitrogens is 1. The molecular weight excluding hydrogens is 142 g/mol. The Labute approximate surface area is 62.9 Å². The van der Waals surface area contributed by atoms with Gasteiger partial charge in [0.1, 0.15) is 11.3 Å². The van der Waals surface area contributed by atoms with Crippen molar-refractivity contribution in [3.63, 3.8) is 0 Å². The third kappa shape index (κ3) is 0.849. The number of hydrogen-bond acceptors (Lipinski definition) is 4. The molecule has 2 rings (SSSR count). The average Bonchev–Trinajstić information content (AvgIpc) is 2.34. The zero-order valence-corrected chi connectivity index (χ0v) is 6.29. The Morgan fingerprint density at radius 2 is 2.00 bits per heavy atom. The lowest BCUT2D eigenvalue weighted by Crippen LogP contribution is -1.91. The van der Waals surface area contributed by atoms with Gasteiger partial charge in [-0.15, -0.1) is 5.10 Å². The molecule has 0 bridgehead atoms. The second-order valence-electron chi connectivity index (χ2n) is 2.37. The molecular formula is C6H7N5.